The van der Waals surface area contributed by atoms with Crippen molar-refractivity contribution >= 4 is 5.91 Å². The smallest absolute Gasteiger partial charge is 0.278 e. The topological polar surface area (TPSA) is 98.2 Å². The Balaban J connectivity index is 1.49. The molecule has 1 saturated heterocycles. The molecule has 8 heteroatoms. The van der Waals surface area contributed by atoms with E-state index in [1.54, 1.807) is 24.7 Å². The largest absolute Gasteiger partial charge is 0.472 e. The number of carbonyl (C=O) groups excluding carboxylic acids is 1. The first-order valence-corrected chi connectivity index (χ1v) is 7.73. The summed E-state index contributed by atoms with van der Waals surface area (Å²) in [5.41, 5.74) is 1.10. The second-order valence-electron chi connectivity index (χ2n) is 5.62. The molecule has 0 spiro atoms. The summed E-state index contributed by atoms with van der Waals surface area (Å²) in [6.45, 7) is 0.726. The monoisotopic (exact) mass is 325 g/mol. The van der Waals surface area contributed by atoms with E-state index in [0.717, 1.165) is 19.4 Å². The van der Waals surface area contributed by atoms with E-state index in [1.165, 1.54) is 12.5 Å². The second kappa shape index (κ2) is 6.23. The molecule has 0 aromatic carbocycles. The summed E-state index contributed by atoms with van der Waals surface area (Å²) >= 11 is 0. The van der Waals surface area contributed by atoms with Crippen molar-refractivity contribution in [2.45, 2.75) is 25.3 Å². The van der Waals surface area contributed by atoms with E-state index in [9.17, 15) is 4.79 Å². The Morgan fingerprint density at radius 3 is 3.12 bits per heavy atom. The molecule has 122 valence electrons. The third-order valence-corrected chi connectivity index (χ3v) is 4.07. The van der Waals surface area contributed by atoms with Crippen molar-refractivity contribution in [1.29, 1.82) is 0 Å². The van der Waals surface area contributed by atoms with E-state index in [0.29, 0.717) is 29.4 Å². The van der Waals surface area contributed by atoms with Gasteiger partial charge >= 0.3 is 0 Å². The average Bonchev–Trinajstić information content (AvgIpc) is 3.37. The minimum Gasteiger partial charge on any atom is -0.472 e. The van der Waals surface area contributed by atoms with Crippen LogP contribution in [0.25, 0.3) is 11.6 Å². The number of rotatable bonds is 4. The van der Waals surface area contributed by atoms with E-state index in [-0.39, 0.29) is 11.9 Å². The Morgan fingerprint density at radius 2 is 2.33 bits per heavy atom. The van der Waals surface area contributed by atoms with Gasteiger partial charge in [-0.1, -0.05) is 5.16 Å². The van der Waals surface area contributed by atoms with Gasteiger partial charge in [-0.25, -0.2) is 4.98 Å². The molecule has 1 aliphatic heterocycles. The first-order chi connectivity index (χ1) is 11.8. The molecule has 4 heterocycles. The van der Waals surface area contributed by atoms with Gasteiger partial charge in [0.05, 0.1) is 18.0 Å². The van der Waals surface area contributed by atoms with E-state index < -0.39 is 0 Å². The van der Waals surface area contributed by atoms with Gasteiger partial charge in [-0.15, -0.1) is 0 Å². The van der Waals surface area contributed by atoms with Gasteiger partial charge in [0.1, 0.15) is 12.0 Å². The molecule has 24 heavy (non-hydrogen) atoms. The summed E-state index contributed by atoms with van der Waals surface area (Å²) in [6, 6.07) is 1.73. The molecule has 1 unspecified atom stereocenters. The standard InChI is InChI=1S/C16H15N5O3/c22-16(11-3-7-23-10-11)21-6-1-2-12(21)8-14-19-15(24-20-14)13-9-17-4-5-18-13/h3-5,7,9-10,12H,1-2,6,8H2. The van der Waals surface area contributed by atoms with Crippen LogP contribution in [0.2, 0.25) is 0 Å². The third kappa shape index (κ3) is 2.78. The van der Waals surface area contributed by atoms with Gasteiger partial charge in [-0.05, 0) is 18.9 Å². The maximum Gasteiger partial charge on any atom is 0.278 e. The van der Waals surface area contributed by atoms with Crippen LogP contribution in [-0.4, -0.2) is 43.5 Å². The summed E-state index contributed by atoms with van der Waals surface area (Å²) in [5.74, 6) is 0.875. The quantitative estimate of drug-likeness (QED) is 0.723. The number of carbonyl (C=O) groups is 1. The van der Waals surface area contributed by atoms with Crippen LogP contribution in [0, 0.1) is 0 Å². The van der Waals surface area contributed by atoms with Crippen LogP contribution in [0.3, 0.4) is 0 Å². The molecule has 1 aliphatic rings. The first-order valence-electron chi connectivity index (χ1n) is 7.73. The maximum absolute atomic E-state index is 12.5. The summed E-state index contributed by atoms with van der Waals surface area (Å²) in [5, 5.41) is 4.00. The normalized spacial score (nSPS) is 17.3. The molecule has 3 aromatic rings. The fourth-order valence-corrected chi connectivity index (χ4v) is 2.93. The van der Waals surface area contributed by atoms with E-state index >= 15 is 0 Å². The van der Waals surface area contributed by atoms with Crippen LogP contribution < -0.4 is 0 Å². The van der Waals surface area contributed by atoms with Gasteiger partial charge in [-0.3, -0.25) is 9.78 Å². The Morgan fingerprint density at radius 1 is 1.38 bits per heavy atom. The SMILES string of the molecule is O=C(c1ccoc1)N1CCCC1Cc1noc(-c2cnccn2)n1. The highest BCUT2D eigenvalue weighted by molar-refractivity contribution is 5.94. The summed E-state index contributed by atoms with van der Waals surface area (Å²) in [4.78, 5) is 26.9. The Bertz CT molecular complexity index is 815. The fourth-order valence-electron chi connectivity index (χ4n) is 2.93. The number of amides is 1. The summed E-state index contributed by atoms with van der Waals surface area (Å²) in [6.07, 6.45) is 10.1. The zero-order valence-electron chi connectivity index (χ0n) is 12.8. The van der Waals surface area contributed by atoms with Gasteiger partial charge < -0.3 is 13.8 Å². The van der Waals surface area contributed by atoms with E-state index in [2.05, 4.69) is 20.1 Å². The summed E-state index contributed by atoms with van der Waals surface area (Å²) < 4.78 is 10.2. The van der Waals surface area contributed by atoms with Gasteiger partial charge in [0.15, 0.2) is 5.82 Å². The Hall–Kier alpha value is -3.03. The minimum absolute atomic E-state index is 0.0242. The van der Waals surface area contributed by atoms with E-state index in [4.69, 9.17) is 8.94 Å². The van der Waals surface area contributed by atoms with Gasteiger partial charge in [0, 0.05) is 31.4 Å². The van der Waals surface area contributed by atoms with Crippen molar-refractivity contribution in [1.82, 2.24) is 25.0 Å². The number of aromatic nitrogens is 4. The van der Waals surface area contributed by atoms with Gasteiger partial charge in [-0.2, -0.15) is 4.98 Å². The van der Waals surface area contributed by atoms with Crippen LogP contribution in [0.4, 0.5) is 0 Å². The number of likely N-dealkylation sites (tertiary alicyclic amines) is 1. The van der Waals surface area contributed by atoms with Crippen LogP contribution in [0.15, 0.2) is 46.1 Å². The molecule has 0 aliphatic carbocycles. The molecule has 4 rings (SSSR count). The molecule has 0 N–H and O–H groups in total. The van der Waals surface area contributed by atoms with Crippen LogP contribution in [0.1, 0.15) is 29.0 Å². The van der Waals surface area contributed by atoms with Crippen molar-refractivity contribution in [2.75, 3.05) is 6.54 Å². The van der Waals surface area contributed by atoms with Crippen molar-refractivity contribution in [3.8, 4) is 11.6 Å². The average molecular weight is 325 g/mol. The molecule has 0 bridgehead atoms. The van der Waals surface area contributed by atoms with Crippen molar-refractivity contribution in [2.24, 2.45) is 0 Å². The lowest BCUT2D eigenvalue weighted by atomic mass is 10.1. The zero-order chi connectivity index (χ0) is 16.4. The Kier molecular flexibility index (Phi) is 3.78. The van der Waals surface area contributed by atoms with Crippen molar-refractivity contribution < 1.29 is 13.7 Å². The molecule has 0 radical (unpaired) electrons. The van der Waals surface area contributed by atoms with Gasteiger partial charge in [0.25, 0.3) is 11.8 Å². The van der Waals surface area contributed by atoms with Gasteiger partial charge in [0.2, 0.25) is 0 Å². The lowest BCUT2D eigenvalue weighted by molar-refractivity contribution is 0.0734. The first kappa shape index (κ1) is 14.6. The molecular formula is C16H15N5O3. The molecule has 1 amide bonds. The fraction of sp³-hybridized carbons (Fsp3) is 0.312. The number of hydrogen-bond donors (Lipinski definition) is 0. The lowest BCUT2D eigenvalue weighted by Crippen LogP contribution is -2.36. The second-order valence-corrected chi connectivity index (χ2v) is 5.62. The number of hydrogen-bond acceptors (Lipinski definition) is 7. The molecular weight excluding hydrogens is 310 g/mol. The van der Waals surface area contributed by atoms with Crippen LogP contribution >= 0.6 is 0 Å². The van der Waals surface area contributed by atoms with Crippen LogP contribution in [-0.2, 0) is 6.42 Å². The highest BCUT2D eigenvalue weighted by Crippen LogP contribution is 2.23. The van der Waals surface area contributed by atoms with Crippen LogP contribution in [0.5, 0.6) is 0 Å². The molecule has 1 atom stereocenters. The maximum atomic E-state index is 12.5. The Labute approximate surface area is 137 Å². The lowest BCUT2D eigenvalue weighted by Gasteiger charge is -2.23. The molecule has 8 nitrogen and oxygen atoms in total. The highest BCUT2D eigenvalue weighted by atomic mass is 16.5. The number of furan rings is 1. The highest BCUT2D eigenvalue weighted by Gasteiger charge is 2.31. The third-order valence-electron chi connectivity index (χ3n) is 4.07. The van der Waals surface area contributed by atoms with Crippen molar-refractivity contribution in [3.05, 3.63) is 48.6 Å². The van der Waals surface area contributed by atoms with Crippen molar-refractivity contribution in [3.63, 3.8) is 0 Å². The molecule has 3 aromatic heterocycles. The minimum atomic E-state index is -0.0242. The molecule has 0 saturated carbocycles. The predicted octanol–water partition coefficient (Wildman–Crippen LogP) is 1.97. The summed E-state index contributed by atoms with van der Waals surface area (Å²) in [7, 11) is 0. The van der Waals surface area contributed by atoms with E-state index in [1.807, 2.05) is 4.90 Å². The number of nitrogens with zero attached hydrogens (tertiary/aromatic N) is 5. The predicted molar refractivity (Wildman–Crippen MR) is 81.8 cm³/mol. The zero-order valence-corrected chi connectivity index (χ0v) is 12.8. The molecule has 1 fully saturated rings.